The fourth-order valence-corrected chi connectivity index (χ4v) is 4.37. The van der Waals surface area contributed by atoms with Crippen LogP contribution in [0.4, 0.5) is 0 Å². The number of carbonyl (C=O) groups excluding carboxylic acids is 3. The minimum Gasteiger partial charge on any atom is -0.422 e. The summed E-state index contributed by atoms with van der Waals surface area (Å²) in [6.45, 7) is 4.03. The highest BCUT2D eigenvalue weighted by Crippen LogP contribution is 2.23. The number of rotatable bonds is 18. The van der Waals surface area contributed by atoms with E-state index in [9.17, 15) is 14.4 Å². The summed E-state index contributed by atoms with van der Waals surface area (Å²) in [6, 6.07) is 12.2. The Balaban J connectivity index is 1.65. The highest BCUT2D eigenvalue weighted by atomic mass is 79.9. The molecular weight excluding hydrogens is 558 g/mol. The van der Waals surface area contributed by atoms with E-state index in [1.165, 1.54) is 57.6 Å². The van der Waals surface area contributed by atoms with Crippen LogP contribution < -0.4 is 15.5 Å². The first-order valence-electron chi connectivity index (χ1n) is 14.1. The van der Waals surface area contributed by atoms with Gasteiger partial charge in [-0.2, -0.15) is 5.10 Å². The average molecular weight is 601 g/mol. The quantitative estimate of drug-likeness (QED) is 0.0620. The van der Waals surface area contributed by atoms with Crippen LogP contribution in [0, 0.1) is 6.92 Å². The summed E-state index contributed by atoms with van der Waals surface area (Å²) in [6.07, 6.45) is 15.3. The number of halogens is 1. The number of carbonyl (C=O) groups is 3. The molecule has 0 aliphatic rings. The molecule has 0 unspecified atom stereocenters. The molecule has 0 saturated carbocycles. The average Bonchev–Trinajstić information content (AvgIpc) is 2.92. The monoisotopic (exact) mass is 599 g/mol. The number of hydrogen-bond donors (Lipinski definition) is 2. The van der Waals surface area contributed by atoms with Gasteiger partial charge in [0, 0.05) is 16.5 Å². The molecule has 0 aliphatic carbocycles. The Bertz CT molecular complexity index is 1070. The van der Waals surface area contributed by atoms with E-state index in [-0.39, 0.29) is 12.5 Å². The van der Waals surface area contributed by atoms with Gasteiger partial charge in [-0.15, -0.1) is 0 Å². The maximum Gasteiger partial charge on any atom is 0.343 e. The Kier molecular flexibility index (Phi) is 15.8. The van der Waals surface area contributed by atoms with Gasteiger partial charge in [0.05, 0.1) is 18.3 Å². The maximum atomic E-state index is 12.5. The lowest BCUT2D eigenvalue weighted by atomic mass is 10.1. The molecule has 7 nitrogen and oxygen atoms in total. The van der Waals surface area contributed by atoms with Crippen LogP contribution in [0.3, 0.4) is 0 Å². The number of benzene rings is 2. The number of nitrogens with one attached hydrogen (secondary N) is 2. The Hall–Kier alpha value is -3.00. The summed E-state index contributed by atoms with van der Waals surface area (Å²) in [5, 5.41) is 6.59. The van der Waals surface area contributed by atoms with Crippen LogP contribution in [0.5, 0.6) is 5.75 Å². The predicted molar refractivity (Wildman–Crippen MR) is 160 cm³/mol. The van der Waals surface area contributed by atoms with Gasteiger partial charge in [0.25, 0.3) is 5.91 Å². The van der Waals surface area contributed by atoms with Crippen molar-refractivity contribution in [3.63, 3.8) is 0 Å². The van der Waals surface area contributed by atoms with Crippen molar-refractivity contribution in [1.82, 2.24) is 10.7 Å². The number of ether oxygens (including phenoxy) is 1. The number of esters is 1. The molecule has 2 N–H and O–H groups in total. The molecule has 0 aliphatic heterocycles. The van der Waals surface area contributed by atoms with E-state index < -0.39 is 11.9 Å². The molecule has 0 atom stereocenters. The predicted octanol–water partition coefficient (Wildman–Crippen LogP) is 7.24. The lowest BCUT2D eigenvalue weighted by Crippen LogP contribution is -2.34. The summed E-state index contributed by atoms with van der Waals surface area (Å²) in [7, 11) is 0. The molecule has 39 heavy (non-hydrogen) atoms. The van der Waals surface area contributed by atoms with Gasteiger partial charge < -0.3 is 10.1 Å². The van der Waals surface area contributed by atoms with Crippen LogP contribution in [0.2, 0.25) is 0 Å². The normalized spacial score (nSPS) is 10.9. The number of unbranched alkanes of at least 4 members (excludes halogenated alkanes) is 10. The molecule has 0 aromatic heterocycles. The van der Waals surface area contributed by atoms with E-state index >= 15 is 0 Å². The minimum absolute atomic E-state index is 0.137. The molecule has 8 heteroatoms. The Morgan fingerprint density at radius 2 is 1.46 bits per heavy atom. The molecule has 2 rings (SSSR count). The highest BCUT2D eigenvalue weighted by molar-refractivity contribution is 9.10. The van der Waals surface area contributed by atoms with Crippen molar-refractivity contribution < 1.29 is 19.1 Å². The van der Waals surface area contributed by atoms with Crippen molar-refractivity contribution in [1.29, 1.82) is 0 Å². The molecule has 0 spiro atoms. The van der Waals surface area contributed by atoms with E-state index in [0.29, 0.717) is 23.3 Å². The largest absolute Gasteiger partial charge is 0.422 e. The SMILES string of the molecule is CCCCCCCCCCCCCC(=O)NCC(=O)N/N=C/c1cc(Br)ccc1OC(=O)c1ccc(C)cc1. The third-order valence-electron chi connectivity index (χ3n) is 6.31. The lowest BCUT2D eigenvalue weighted by molar-refractivity contribution is -0.126. The van der Waals surface area contributed by atoms with Crippen molar-refractivity contribution >= 4 is 39.9 Å². The third-order valence-corrected chi connectivity index (χ3v) is 6.80. The molecular formula is C31H42BrN3O4. The summed E-state index contributed by atoms with van der Waals surface area (Å²) in [4.78, 5) is 36.6. The van der Waals surface area contributed by atoms with Gasteiger partial charge in [-0.3, -0.25) is 9.59 Å². The molecule has 2 amide bonds. The van der Waals surface area contributed by atoms with Crippen molar-refractivity contribution in [3.8, 4) is 5.75 Å². The number of aryl methyl sites for hydroxylation is 1. The van der Waals surface area contributed by atoms with Crippen LogP contribution >= 0.6 is 15.9 Å². The van der Waals surface area contributed by atoms with Gasteiger partial charge in [-0.1, -0.05) is 105 Å². The van der Waals surface area contributed by atoms with E-state index in [2.05, 4.69) is 38.7 Å². The van der Waals surface area contributed by atoms with Gasteiger partial charge in [0.1, 0.15) is 5.75 Å². The Morgan fingerprint density at radius 1 is 0.846 bits per heavy atom. The van der Waals surface area contributed by atoms with Crippen molar-refractivity contribution in [2.45, 2.75) is 90.9 Å². The molecule has 2 aromatic carbocycles. The number of nitrogens with zero attached hydrogens (tertiary/aromatic N) is 1. The van der Waals surface area contributed by atoms with Gasteiger partial charge >= 0.3 is 5.97 Å². The standard InChI is InChI=1S/C31H42BrN3O4/c1-3-4-5-6-7-8-9-10-11-12-13-14-29(36)33-23-30(37)35-34-22-26-21-27(32)19-20-28(26)39-31(38)25-17-15-24(2)16-18-25/h15-22H,3-14,23H2,1-2H3,(H,33,36)(H,35,37)/b34-22+. The molecule has 212 valence electrons. The summed E-state index contributed by atoms with van der Waals surface area (Å²) in [5.41, 5.74) is 4.38. The van der Waals surface area contributed by atoms with Crippen molar-refractivity contribution in [2.24, 2.45) is 5.10 Å². The van der Waals surface area contributed by atoms with Gasteiger partial charge in [0.15, 0.2) is 0 Å². The van der Waals surface area contributed by atoms with Crippen LogP contribution in [0.25, 0.3) is 0 Å². The van der Waals surface area contributed by atoms with Crippen LogP contribution in [0.1, 0.15) is 105 Å². The second-order valence-corrected chi connectivity index (χ2v) is 10.7. The van der Waals surface area contributed by atoms with Crippen LogP contribution in [-0.2, 0) is 9.59 Å². The van der Waals surface area contributed by atoms with Crippen molar-refractivity contribution in [3.05, 3.63) is 63.6 Å². The zero-order valence-electron chi connectivity index (χ0n) is 23.3. The topological polar surface area (TPSA) is 96.9 Å². The molecule has 0 saturated heterocycles. The molecule has 2 aromatic rings. The smallest absolute Gasteiger partial charge is 0.343 e. The first kappa shape index (κ1) is 32.2. The molecule has 0 radical (unpaired) electrons. The van der Waals surface area contributed by atoms with Gasteiger partial charge in [-0.25, -0.2) is 10.2 Å². The highest BCUT2D eigenvalue weighted by Gasteiger charge is 2.12. The van der Waals surface area contributed by atoms with E-state index in [0.717, 1.165) is 29.3 Å². The summed E-state index contributed by atoms with van der Waals surface area (Å²) < 4.78 is 6.30. The Morgan fingerprint density at radius 3 is 2.10 bits per heavy atom. The number of hydrazone groups is 1. The van der Waals surface area contributed by atoms with Gasteiger partial charge in [-0.05, 0) is 43.7 Å². The van der Waals surface area contributed by atoms with E-state index in [1.807, 2.05) is 19.1 Å². The third kappa shape index (κ3) is 14.1. The first-order chi connectivity index (χ1) is 18.9. The molecule has 0 heterocycles. The number of hydrogen-bond acceptors (Lipinski definition) is 5. The molecule has 0 fully saturated rings. The maximum absolute atomic E-state index is 12.5. The molecule has 0 bridgehead atoms. The fourth-order valence-electron chi connectivity index (χ4n) is 3.99. The van der Waals surface area contributed by atoms with Gasteiger partial charge in [0.2, 0.25) is 5.91 Å². The minimum atomic E-state index is -0.489. The zero-order chi connectivity index (χ0) is 28.3. The number of amides is 2. The Labute approximate surface area is 241 Å². The van der Waals surface area contributed by atoms with Crippen LogP contribution in [-0.4, -0.2) is 30.5 Å². The zero-order valence-corrected chi connectivity index (χ0v) is 24.9. The lowest BCUT2D eigenvalue weighted by Gasteiger charge is -2.08. The summed E-state index contributed by atoms with van der Waals surface area (Å²) >= 11 is 3.39. The summed E-state index contributed by atoms with van der Waals surface area (Å²) in [5.74, 6) is -0.757. The van der Waals surface area contributed by atoms with E-state index in [1.54, 1.807) is 30.3 Å². The first-order valence-corrected chi connectivity index (χ1v) is 14.9. The van der Waals surface area contributed by atoms with Crippen LogP contribution in [0.15, 0.2) is 52.0 Å². The second-order valence-electron chi connectivity index (χ2n) is 9.79. The fraction of sp³-hybridized carbons (Fsp3) is 0.484. The van der Waals surface area contributed by atoms with E-state index in [4.69, 9.17) is 4.74 Å². The second kappa shape index (κ2) is 19.1. The van der Waals surface area contributed by atoms with Crippen molar-refractivity contribution in [2.75, 3.05) is 6.54 Å².